The van der Waals surface area contributed by atoms with Crippen LogP contribution >= 0.6 is 0 Å². The Balaban J connectivity index is 1.90. The lowest BCUT2D eigenvalue weighted by atomic mass is 9.85. The van der Waals surface area contributed by atoms with Gasteiger partial charge in [-0.05, 0) is 49.8 Å². The molecule has 0 spiro atoms. The van der Waals surface area contributed by atoms with Crippen LogP contribution in [0.5, 0.6) is 5.75 Å². The second-order valence-electron chi connectivity index (χ2n) is 6.03. The predicted octanol–water partition coefficient (Wildman–Crippen LogP) is 3.16. The zero-order valence-corrected chi connectivity index (χ0v) is 13.4. The van der Waals surface area contributed by atoms with Gasteiger partial charge < -0.3 is 15.2 Å². The Bertz CT molecular complexity index is 435. The van der Waals surface area contributed by atoms with Gasteiger partial charge in [0.2, 0.25) is 0 Å². The first-order valence-electron chi connectivity index (χ1n) is 8.32. The number of nitrogens with one attached hydrogen (secondary N) is 1. The van der Waals surface area contributed by atoms with Crippen LogP contribution in [0.15, 0.2) is 24.3 Å². The summed E-state index contributed by atoms with van der Waals surface area (Å²) in [6.45, 7) is 6.14. The van der Waals surface area contributed by atoms with Crippen LogP contribution in [0.4, 0.5) is 0 Å². The second-order valence-corrected chi connectivity index (χ2v) is 6.03. The van der Waals surface area contributed by atoms with Crippen LogP contribution in [0, 0.1) is 5.92 Å². The third-order valence-corrected chi connectivity index (χ3v) is 4.85. The van der Waals surface area contributed by atoms with Crippen LogP contribution in [0.25, 0.3) is 0 Å². The summed E-state index contributed by atoms with van der Waals surface area (Å²) < 4.78 is 6.00. The van der Waals surface area contributed by atoms with Crippen LogP contribution in [-0.4, -0.2) is 30.4 Å². The number of aryl methyl sites for hydroxylation is 1. The van der Waals surface area contributed by atoms with Gasteiger partial charge in [0, 0.05) is 5.54 Å². The lowest BCUT2D eigenvalue weighted by Crippen LogP contribution is -2.51. The van der Waals surface area contributed by atoms with Gasteiger partial charge in [-0.3, -0.25) is 0 Å². The summed E-state index contributed by atoms with van der Waals surface area (Å²) >= 11 is 0. The van der Waals surface area contributed by atoms with E-state index in [2.05, 4.69) is 37.4 Å². The number of aliphatic hydroxyl groups is 1. The maximum absolute atomic E-state index is 9.81. The van der Waals surface area contributed by atoms with E-state index < -0.39 is 0 Å². The molecule has 3 heteroatoms. The monoisotopic (exact) mass is 291 g/mol. The van der Waals surface area contributed by atoms with Crippen molar-refractivity contribution >= 4 is 0 Å². The molecular weight excluding hydrogens is 262 g/mol. The van der Waals surface area contributed by atoms with E-state index in [0.29, 0.717) is 5.92 Å². The summed E-state index contributed by atoms with van der Waals surface area (Å²) in [7, 11) is 0. The molecule has 0 radical (unpaired) electrons. The number of aliphatic hydroxyl groups excluding tert-OH is 1. The van der Waals surface area contributed by atoms with Crippen LogP contribution in [0.1, 0.15) is 45.1 Å². The highest BCUT2D eigenvalue weighted by molar-refractivity contribution is 5.33. The molecule has 2 rings (SSSR count). The highest BCUT2D eigenvalue weighted by Crippen LogP contribution is 2.37. The third-order valence-electron chi connectivity index (χ3n) is 4.85. The number of hydrogen-bond acceptors (Lipinski definition) is 3. The summed E-state index contributed by atoms with van der Waals surface area (Å²) in [4.78, 5) is 0. The van der Waals surface area contributed by atoms with Crippen LogP contribution in [0.3, 0.4) is 0 Å². The van der Waals surface area contributed by atoms with Crippen molar-refractivity contribution in [2.45, 2.75) is 51.5 Å². The molecule has 2 N–H and O–H groups in total. The van der Waals surface area contributed by atoms with Crippen molar-refractivity contribution < 1.29 is 9.84 Å². The summed E-state index contributed by atoms with van der Waals surface area (Å²) in [6.07, 6.45) is 5.47. The third kappa shape index (κ3) is 3.78. The molecule has 0 saturated heterocycles. The molecule has 1 aliphatic rings. The topological polar surface area (TPSA) is 41.5 Å². The number of ether oxygens (including phenoxy) is 1. The van der Waals surface area contributed by atoms with E-state index in [4.69, 9.17) is 4.74 Å². The zero-order chi connectivity index (χ0) is 15.1. The van der Waals surface area contributed by atoms with E-state index in [1.807, 2.05) is 6.07 Å². The quantitative estimate of drug-likeness (QED) is 0.773. The molecule has 1 aromatic carbocycles. The fraction of sp³-hybridized carbons (Fsp3) is 0.667. The first kappa shape index (κ1) is 16.3. The maximum Gasteiger partial charge on any atom is 0.122 e. The van der Waals surface area contributed by atoms with Crippen molar-refractivity contribution in [1.82, 2.24) is 5.32 Å². The molecule has 1 saturated carbocycles. The van der Waals surface area contributed by atoms with Crippen molar-refractivity contribution in [2.24, 2.45) is 5.92 Å². The van der Waals surface area contributed by atoms with Gasteiger partial charge in [-0.1, -0.05) is 38.5 Å². The predicted molar refractivity (Wildman–Crippen MR) is 86.8 cm³/mol. The maximum atomic E-state index is 9.81. The van der Waals surface area contributed by atoms with Crippen LogP contribution in [0.2, 0.25) is 0 Å². The smallest absolute Gasteiger partial charge is 0.122 e. The molecule has 0 heterocycles. The minimum atomic E-state index is -0.0810. The molecule has 1 aliphatic carbocycles. The number of likely N-dealkylation sites (N-methyl/N-ethyl adjacent to an activating group) is 1. The van der Waals surface area contributed by atoms with Gasteiger partial charge in [-0.2, -0.15) is 0 Å². The molecule has 118 valence electrons. The Morgan fingerprint density at radius 3 is 2.86 bits per heavy atom. The summed E-state index contributed by atoms with van der Waals surface area (Å²) in [5.74, 6) is 1.52. The molecule has 3 nitrogen and oxygen atoms in total. The van der Waals surface area contributed by atoms with Gasteiger partial charge in [-0.25, -0.2) is 0 Å². The molecule has 2 unspecified atom stereocenters. The Hall–Kier alpha value is -1.06. The molecule has 1 aromatic rings. The second kappa shape index (κ2) is 7.81. The Kier molecular flexibility index (Phi) is 6.07. The number of benzene rings is 1. The molecule has 0 aromatic heterocycles. The van der Waals surface area contributed by atoms with Gasteiger partial charge in [0.25, 0.3) is 0 Å². The number of para-hydroxylation sites is 1. The van der Waals surface area contributed by atoms with E-state index in [-0.39, 0.29) is 12.1 Å². The Morgan fingerprint density at radius 1 is 1.33 bits per heavy atom. The summed E-state index contributed by atoms with van der Waals surface area (Å²) in [5, 5.41) is 13.3. The van der Waals surface area contributed by atoms with E-state index in [1.165, 1.54) is 18.4 Å². The van der Waals surface area contributed by atoms with E-state index in [0.717, 1.165) is 38.2 Å². The fourth-order valence-corrected chi connectivity index (χ4v) is 3.66. The number of rotatable bonds is 8. The zero-order valence-electron chi connectivity index (χ0n) is 13.4. The van der Waals surface area contributed by atoms with Crippen LogP contribution < -0.4 is 10.1 Å². The molecule has 0 aliphatic heterocycles. The van der Waals surface area contributed by atoms with Gasteiger partial charge in [0.1, 0.15) is 5.75 Å². The molecule has 1 fully saturated rings. The lowest BCUT2D eigenvalue weighted by Gasteiger charge is -2.35. The SMILES string of the molecule is CCNC1(CO)CCCC1CCOc1ccccc1CC. The van der Waals surface area contributed by atoms with Crippen molar-refractivity contribution in [2.75, 3.05) is 19.8 Å². The molecule has 0 bridgehead atoms. The first-order valence-corrected chi connectivity index (χ1v) is 8.32. The Morgan fingerprint density at radius 2 is 2.14 bits per heavy atom. The van der Waals surface area contributed by atoms with Gasteiger partial charge in [0.05, 0.1) is 13.2 Å². The highest BCUT2D eigenvalue weighted by Gasteiger charge is 2.41. The fourth-order valence-electron chi connectivity index (χ4n) is 3.66. The average molecular weight is 291 g/mol. The molecular formula is C18H29NO2. The van der Waals surface area contributed by atoms with Gasteiger partial charge >= 0.3 is 0 Å². The summed E-state index contributed by atoms with van der Waals surface area (Å²) in [6, 6.07) is 8.27. The normalized spacial score (nSPS) is 25.2. The van der Waals surface area contributed by atoms with E-state index in [1.54, 1.807) is 0 Å². The van der Waals surface area contributed by atoms with Gasteiger partial charge in [0.15, 0.2) is 0 Å². The summed E-state index contributed by atoms with van der Waals surface area (Å²) in [5.41, 5.74) is 1.19. The standard InChI is InChI=1S/C18H29NO2/c1-3-15-8-5-6-10-17(15)21-13-11-16-9-7-12-18(16,14-20)19-4-2/h5-6,8,10,16,19-20H,3-4,7,9,11-14H2,1-2H3. The largest absolute Gasteiger partial charge is 0.493 e. The first-order chi connectivity index (χ1) is 10.3. The molecule has 21 heavy (non-hydrogen) atoms. The molecule has 2 atom stereocenters. The average Bonchev–Trinajstić information content (AvgIpc) is 2.91. The Labute approximate surface area is 128 Å². The van der Waals surface area contributed by atoms with Crippen molar-refractivity contribution in [3.05, 3.63) is 29.8 Å². The molecule has 0 amide bonds. The van der Waals surface area contributed by atoms with Crippen molar-refractivity contribution in [1.29, 1.82) is 0 Å². The minimum Gasteiger partial charge on any atom is -0.493 e. The highest BCUT2D eigenvalue weighted by atomic mass is 16.5. The van der Waals surface area contributed by atoms with Crippen molar-refractivity contribution in [3.8, 4) is 5.75 Å². The lowest BCUT2D eigenvalue weighted by molar-refractivity contribution is 0.111. The van der Waals surface area contributed by atoms with E-state index in [9.17, 15) is 5.11 Å². The van der Waals surface area contributed by atoms with Crippen molar-refractivity contribution in [3.63, 3.8) is 0 Å². The van der Waals surface area contributed by atoms with Crippen LogP contribution in [-0.2, 0) is 6.42 Å². The van der Waals surface area contributed by atoms with E-state index >= 15 is 0 Å². The number of hydrogen-bond donors (Lipinski definition) is 2. The van der Waals surface area contributed by atoms with Gasteiger partial charge in [-0.15, -0.1) is 0 Å². The minimum absolute atomic E-state index is 0.0810.